The molecule has 6 nitrogen and oxygen atoms in total. The molecule has 0 radical (unpaired) electrons. The zero-order valence-corrected chi connectivity index (χ0v) is 15.9. The Kier molecular flexibility index (Phi) is 4.42. The quantitative estimate of drug-likeness (QED) is 0.836. The number of rotatable bonds is 3. The van der Waals surface area contributed by atoms with E-state index in [4.69, 9.17) is 4.42 Å². The molecule has 1 saturated heterocycles. The van der Waals surface area contributed by atoms with Crippen molar-refractivity contribution in [1.82, 2.24) is 9.80 Å². The third-order valence-corrected chi connectivity index (χ3v) is 5.98. The number of benzene rings is 1. The maximum Gasteiger partial charge on any atom is 0.258 e. The van der Waals surface area contributed by atoms with Crippen LogP contribution < -0.4 is 4.90 Å². The highest BCUT2D eigenvalue weighted by molar-refractivity contribution is 6.02. The normalized spacial score (nSPS) is 18.7. The van der Waals surface area contributed by atoms with Gasteiger partial charge in [0.1, 0.15) is 11.4 Å². The van der Waals surface area contributed by atoms with Crippen molar-refractivity contribution >= 4 is 17.5 Å². The Morgan fingerprint density at radius 1 is 1.15 bits per heavy atom. The Balaban J connectivity index is 1.72. The van der Waals surface area contributed by atoms with E-state index in [1.165, 1.54) is 0 Å². The number of furan rings is 1. The van der Waals surface area contributed by atoms with E-state index < -0.39 is 5.66 Å². The fourth-order valence-corrected chi connectivity index (χ4v) is 4.41. The molecule has 1 spiro atoms. The minimum atomic E-state index is -0.456. The molecule has 27 heavy (non-hydrogen) atoms. The van der Waals surface area contributed by atoms with E-state index in [2.05, 4.69) is 11.9 Å². The van der Waals surface area contributed by atoms with Crippen LogP contribution in [0.25, 0.3) is 0 Å². The smallest absolute Gasteiger partial charge is 0.258 e. The van der Waals surface area contributed by atoms with Crippen LogP contribution in [-0.4, -0.2) is 47.4 Å². The van der Waals surface area contributed by atoms with Gasteiger partial charge < -0.3 is 19.1 Å². The van der Waals surface area contributed by atoms with Crippen LogP contribution in [-0.2, 0) is 11.3 Å². The summed E-state index contributed by atoms with van der Waals surface area (Å²) < 4.78 is 5.54. The van der Waals surface area contributed by atoms with Gasteiger partial charge in [0.15, 0.2) is 0 Å². The van der Waals surface area contributed by atoms with Crippen LogP contribution in [0.1, 0.15) is 42.3 Å². The number of piperidine rings is 1. The average molecular weight is 367 g/mol. The van der Waals surface area contributed by atoms with E-state index in [1.807, 2.05) is 53.1 Å². The zero-order valence-electron chi connectivity index (χ0n) is 15.9. The van der Waals surface area contributed by atoms with Crippen molar-refractivity contribution in [1.29, 1.82) is 0 Å². The second kappa shape index (κ2) is 6.76. The molecular weight excluding hydrogens is 342 g/mol. The van der Waals surface area contributed by atoms with Crippen LogP contribution in [0.5, 0.6) is 0 Å². The topological polar surface area (TPSA) is 57.0 Å². The number of hydrogen-bond acceptors (Lipinski definition) is 4. The van der Waals surface area contributed by atoms with Crippen LogP contribution in [0.4, 0.5) is 5.69 Å². The molecule has 6 heteroatoms. The highest BCUT2D eigenvalue weighted by atomic mass is 16.3. The van der Waals surface area contributed by atoms with Crippen LogP contribution in [0, 0.1) is 0 Å². The maximum atomic E-state index is 13.4. The molecule has 142 valence electrons. The first kappa shape index (κ1) is 17.6. The second-order valence-corrected chi connectivity index (χ2v) is 7.26. The molecule has 1 fully saturated rings. The first-order valence-electron chi connectivity index (χ1n) is 9.52. The minimum Gasteiger partial charge on any atom is -0.467 e. The molecule has 1 aromatic heterocycles. The van der Waals surface area contributed by atoms with Crippen LogP contribution >= 0.6 is 0 Å². The van der Waals surface area contributed by atoms with Crippen LogP contribution in [0.2, 0.25) is 0 Å². The highest BCUT2D eigenvalue weighted by Crippen LogP contribution is 2.42. The summed E-state index contributed by atoms with van der Waals surface area (Å²) in [6.07, 6.45) is 3.59. The summed E-state index contributed by atoms with van der Waals surface area (Å²) in [4.78, 5) is 31.6. The van der Waals surface area contributed by atoms with Crippen molar-refractivity contribution in [2.24, 2.45) is 0 Å². The number of para-hydroxylation sites is 1. The first-order valence-corrected chi connectivity index (χ1v) is 9.52. The molecule has 0 aliphatic carbocycles. The van der Waals surface area contributed by atoms with E-state index in [9.17, 15) is 9.59 Å². The van der Waals surface area contributed by atoms with Gasteiger partial charge in [-0.25, -0.2) is 0 Å². The van der Waals surface area contributed by atoms with Gasteiger partial charge in [-0.2, -0.15) is 0 Å². The van der Waals surface area contributed by atoms with Gasteiger partial charge in [0.05, 0.1) is 24.1 Å². The number of nitrogens with zero attached hydrogens (tertiary/aromatic N) is 3. The van der Waals surface area contributed by atoms with Crippen LogP contribution in [0.3, 0.4) is 0 Å². The van der Waals surface area contributed by atoms with Gasteiger partial charge in [-0.1, -0.05) is 19.1 Å². The fourth-order valence-electron chi connectivity index (χ4n) is 4.41. The number of carbonyl (C=O) groups is 2. The molecule has 2 aliphatic heterocycles. The summed E-state index contributed by atoms with van der Waals surface area (Å²) in [5.41, 5.74) is 1.21. The van der Waals surface area contributed by atoms with Crippen LogP contribution in [0.15, 0.2) is 47.1 Å². The zero-order chi connectivity index (χ0) is 19.0. The van der Waals surface area contributed by atoms with E-state index in [1.54, 1.807) is 6.26 Å². The van der Waals surface area contributed by atoms with Crippen molar-refractivity contribution in [3.63, 3.8) is 0 Å². The SMILES string of the molecule is CCC(=O)N1CCC2(CC1)N(Cc1ccco1)C(=O)c1ccccc1N2C. The van der Waals surface area contributed by atoms with Crippen molar-refractivity contribution in [3.05, 3.63) is 54.0 Å². The standard InChI is InChI=1S/C21H25N3O3/c1-3-19(25)23-12-10-21(11-13-23)22(2)18-9-5-4-8-17(18)20(26)24(21)15-16-7-6-14-27-16/h4-9,14H,3,10-13,15H2,1-2H3. The average Bonchev–Trinajstić information content (AvgIpc) is 3.23. The molecule has 2 aliphatic rings. The van der Waals surface area contributed by atoms with E-state index in [0.29, 0.717) is 31.6 Å². The summed E-state index contributed by atoms with van der Waals surface area (Å²) in [7, 11) is 2.05. The summed E-state index contributed by atoms with van der Waals surface area (Å²) in [5.74, 6) is 0.963. The van der Waals surface area contributed by atoms with Gasteiger partial charge in [0, 0.05) is 39.4 Å². The van der Waals surface area contributed by atoms with Gasteiger partial charge in [0.2, 0.25) is 5.91 Å². The molecule has 0 N–H and O–H groups in total. The molecule has 2 aromatic rings. The molecule has 0 bridgehead atoms. The lowest BCUT2D eigenvalue weighted by Crippen LogP contribution is -2.68. The summed E-state index contributed by atoms with van der Waals surface area (Å²) in [6.45, 7) is 3.62. The number of amides is 2. The fraction of sp³-hybridized carbons (Fsp3) is 0.429. The number of hydrogen-bond donors (Lipinski definition) is 0. The Morgan fingerprint density at radius 3 is 2.56 bits per heavy atom. The molecule has 0 atom stereocenters. The molecule has 0 saturated carbocycles. The lowest BCUT2D eigenvalue weighted by Gasteiger charge is -2.56. The van der Waals surface area contributed by atoms with Crippen molar-refractivity contribution in [3.8, 4) is 0 Å². The Hall–Kier alpha value is -2.76. The number of fused-ring (bicyclic) bond motifs is 1. The number of anilines is 1. The molecule has 1 aromatic carbocycles. The lowest BCUT2D eigenvalue weighted by atomic mass is 9.88. The number of likely N-dealkylation sites (tertiary alicyclic amines) is 1. The lowest BCUT2D eigenvalue weighted by molar-refractivity contribution is -0.133. The van der Waals surface area contributed by atoms with Crippen molar-refractivity contribution in [2.45, 2.75) is 38.4 Å². The largest absolute Gasteiger partial charge is 0.467 e. The van der Waals surface area contributed by atoms with E-state index >= 15 is 0 Å². The van der Waals surface area contributed by atoms with Gasteiger partial charge in [0.25, 0.3) is 5.91 Å². The minimum absolute atomic E-state index is 0.0235. The van der Waals surface area contributed by atoms with Gasteiger partial charge in [-0.05, 0) is 24.3 Å². The summed E-state index contributed by atoms with van der Waals surface area (Å²) in [5, 5.41) is 0. The Morgan fingerprint density at radius 2 is 1.89 bits per heavy atom. The summed E-state index contributed by atoms with van der Waals surface area (Å²) >= 11 is 0. The number of carbonyl (C=O) groups excluding carboxylic acids is 2. The highest BCUT2D eigenvalue weighted by Gasteiger charge is 2.50. The monoisotopic (exact) mass is 367 g/mol. The summed E-state index contributed by atoms with van der Waals surface area (Å²) in [6, 6.07) is 11.5. The van der Waals surface area contributed by atoms with E-state index in [-0.39, 0.29) is 11.8 Å². The molecular formula is C21H25N3O3. The predicted molar refractivity (Wildman–Crippen MR) is 102 cm³/mol. The predicted octanol–water partition coefficient (Wildman–Crippen LogP) is 3.10. The van der Waals surface area contributed by atoms with Gasteiger partial charge in [-0.3, -0.25) is 9.59 Å². The van der Waals surface area contributed by atoms with E-state index in [0.717, 1.165) is 24.3 Å². The van der Waals surface area contributed by atoms with Gasteiger partial charge >= 0.3 is 0 Å². The molecule has 0 unspecified atom stereocenters. The molecule has 2 amide bonds. The van der Waals surface area contributed by atoms with Crippen molar-refractivity contribution < 1.29 is 14.0 Å². The molecule has 3 heterocycles. The maximum absolute atomic E-state index is 13.4. The third-order valence-electron chi connectivity index (χ3n) is 5.98. The third kappa shape index (κ3) is 2.80. The van der Waals surface area contributed by atoms with Gasteiger partial charge in [-0.15, -0.1) is 0 Å². The second-order valence-electron chi connectivity index (χ2n) is 7.26. The first-order chi connectivity index (χ1) is 13.1. The van der Waals surface area contributed by atoms with Crippen molar-refractivity contribution in [2.75, 3.05) is 25.0 Å². The molecule has 4 rings (SSSR count). The Bertz CT molecular complexity index is 838. The Labute approximate surface area is 159 Å².